The van der Waals surface area contributed by atoms with Crippen molar-refractivity contribution in [3.8, 4) is 11.5 Å². The number of likely N-dealkylation sites (tertiary alicyclic amines) is 1. The summed E-state index contributed by atoms with van der Waals surface area (Å²) in [4.78, 5) is 15.2. The molecule has 27 heavy (non-hydrogen) atoms. The molecular weight excluding hydrogens is 340 g/mol. The van der Waals surface area contributed by atoms with Crippen molar-refractivity contribution in [3.05, 3.63) is 65.5 Å². The second kappa shape index (κ2) is 7.80. The number of carbonyl (C=O) groups excluding carboxylic acids is 1. The van der Waals surface area contributed by atoms with Crippen molar-refractivity contribution in [2.45, 2.75) is 25.8 Å². The Bertz CT molecular complexity index is 894. The Morgan fingerprint density at radius 1 is 1.22 bits per heavy atom. The number of nitrogens with one attached hydrogen (secondary N) is 2. The smallest absolute Gasteiger partial charge is 0.272 e. The van der Waals surface area contributed by atoms with Gasteiger partial charge in [0.15, 0.2) is 11.5 Å². The number of amides is 1. The minimum absolute atomic E-state index is 0.0668. The second-order valence-electron chi connectivity index (χ2n) is 7.02. The summed E-state index contributed by atoms with van der Waals surface area (Å²) in [7, 11) is 0. The van der Waals surface area contributed by atoms with Crippen molar-refractivity contribution in [1.29, 1.82) is 0 Å². The van der Waals surface area contributed by atoms with E-state index >= 15 is 0 Å². The van der Waals surface area contributed by atoms with Gasteiger partial charge in [-0.1, -0.05) is 30.3 Å². The summed E-state index contributed by atoms with van der Waals surface area (Å²) in [6.07, 6.45) is 2.45. The first kappa shape index (κ1) is 17.5. The van der Waals surface area contributed by atoms with Crippen LogP contribution in [0.3, 0.4) is 0 Å². The van der Waals surface area contributed by atoms with Crippen LogP contribution in [0.5, 0.6) is 0 Å². The number of aromatic nitrogens is 2. The van der Waals surface area contributed by atoms with Crippen LogP contribution in [0.1, 0.15) is 40.7 Å². The van der Waals surface area contributed by atoms with Crippen molar-refractivity contribution in [1.82, 2.24) is 20.4 Å². The molecule has 2 N–H and O–H groups in total. The molecule has 1 aromatic carbocycles. The van der Waals surface area contributed by atoms with Crippen LogP contribution in [0.25, 0.3) is 11.5 Å². The first-order valence-corrected chi connectivity index (χ1v) is 9.39. The standard InChI is InChI=1S/C21H24N4O2/c1-15-9-10-20(27-15)17-13-18(24-23-17)21(26)22-19(14-25-11-5-6-12-25)16-7-3-2-4-8-16/h2-4,7-10,13,19H,5-6,11-12,14H2,1H3,(H,22,26)(H,23,24). The quantitative estimate of drug-likeness (QED) is 0.701. The molecule has 6 heteroatoms. The highest BCUT2D eigenvalue weighted by Gasteiger charge is 2.22. The van der Waals surface area contributed by atoms with Gasteiger partial charge in [0.1, 0.15) is 11.5 Å². The summed E-state index contributed by atoms with van der Waals surface area (Å²) in [5.41, 5.74) is 2.17. The van der Waals surface area contributed by atoms with E-state index in [2.05, 4.69) is 32.5 Å². The van der Waals surface area contributed by atoms with Crippen molar-refractivity contribution in [2.75, 3.05) is 19.6 Å². The summed E-state index contributed by atoms with van der Waals surface area (Å²) in [5, 5.41) is 10.2. The Morgan fingerprint density at radius 3 is 2.70 bits per heavy atom. The highest BCUT2D eigenvalue weighted by atomic mass is 16.3. The third-order valence-corrected chi connectivity index (χ3v) is 4.96. The van der Waals surface area contributed by atoms with E-state index in [0.29, 0.717) is 17.1 Å². The fourth-order valence-electron chi connectivity index (χ4n) is 3.52. The highest BCUT2D eigenvalue weighted by molar-refractivity contribution is 5.93. The van der Waals surface area contributed by atoms with Crippen LogP contribution < -0.4 is 5.32 Å². The predicted molar refractivity (Wildman–Crippen MR) is 103 cm³/mol. The Hall–Kier alpha value is -2.86. The minimum Gasteiger partial charge on any atom is -0.460 e. The molecule has 0 aliphatic carbocycles. The number of carbonyl (C=O) groups is 1. The lowest BCUT2D eigenvalue weighted by Crippen LogP contribution is -2.37. The average Bonchev–Trinajstić information content (AvgIpc) is 3.43. The van der Waals surface area contributed by atoms with E-state index in [4.69, 9.17) is 4.42 Å². The molecule has 140 valence electrons. The number of hydrogen-bond acceptors (Lipinski definition) is 4. The topological polar surface area (TPSA) is 74.2 Å². The fraction of sp³-hybridized carbons (Fsp3) is 0.333. The van der Waals surface area contributed by atoms with E-state index < -0.39 is 0 Å². The number of hydrogen-bond donors (Lipinski definition) is 2. The second-order valence-corrected chi connectivity index (χ2v) is 7.02. The SMILES string of the molecule is Cc1ccc(-c2cc(C(=O)NC(CN3CCCC3)c3ccccc3)n[nH]2)o1. The van der Waals surface area contributed by atoms with Gasteiger partial charge in [-0.2, -0.15) is 5.10 Å². The molecular formula is C21H24N4O2. The number of furan rings is 1. The summed E-state index contributed by atoms with van der Waals surface area (Å²) in [6.45, 7) is 4.87. The zero-order valence-electron chi connectivity index (χ0n) is 15.4. The zero-order chi connectivity index (χ0) is 18.6. The molecule has 1 amide bonds. The van der Waals surface area contributed by atoms with E-state index in [1.54, 1.807) is 6.07 Å². The third-order valence-electron chi connectivity index (χ3n) is 4.96. The highest BCUT2D eigenvalue weighted by Crippen LogP contribution is 2.22. The Labute approximate surface area is 158 Å². The van der Waals surface area contributed by atoms with Gasteiger partial charge in [0, 0.05) is 12.6 Å². The molecule has 4 rings (SSSR count). The molecule has 2 aromatic heterocycles. The number of aromatic amines is 1. The van der Waals surface area contributed by atoms with Gasteiger partial charge in [-0.05, 0) is 50.6 Å². The van der Waals surface area contributed by atoms with Gasteiger partial charge in [0.05, 0.1) is 6.04 Å². The molecule has 1 unspecified atom stereocenters. The molecule has 0 saturated carbocycles. The average molecular weight is 364 g/mol. The number of H-pyrrole nitrogens is 1. The van der Waals surface area contributed by atoms with Gasteiger partial charge in [-0.15, -0.1) is 0 Å². The Kier molecular flexibility index (Phi) is 5.07. The Morgan fingerprint density at radius 2 is 2.00 bits per heavy atom. The first-order valence-electron chi connectivity index (χ1n) is 9.39. The van der Waals surface area contributed by atoms with Gasteiger partial charge in [-0.3, -0.25) is 9.89 Å². The maximum absolute atomic E-state index is 12.8. The van der Waals surface area contributed by atoms with Crippen LogP contribution in [-0.2, 0) is 0 Å². The molecule has 1 atom stereocenters. The van der Waals surface area contributed by atoms with Crippen molar-refractivity contribution >= 4 is 5.91 Å². The minimum atomic E-state index is -0.186. The van der Waals surface area contributed by atoms with Crippen LogP contribution in [0, 0.1) is 6.92 Å². The van der Waals surface area contributed by atoms with Gasteiger partial charge in [0.25, 0.3) is 5.91 Å². The van der Waals surface area contributed by atoms with Gasteiger partial charge >= 0.3 is 0 Å². The summed E-state index contributed by atoms with van der Waals surface area (Å²) >= 11 is 0. The van der Waals surface area contributed by atoms with E-state index in [1.807, 2.05) is 37.3 Å². The number of nitrogens with zero attached hydrogens (tertiary/aromatic N) is 2. The molecule has 0 radical (unpaired) electrons. The predicted octanol–water partition coefficient (Wildman–Crippen LogP) is 3.55. The number of aryl methyl sites for hydroxylation is 1. The third kappa shape index (κ3) is 4.11. The molecule has 3 heterocycles. The molecule has 1 saturated heterocycles. The van der Waals surface area contributed by atoms with E-state index in [9.17, 15) is 4.79 Å². The van der Waals surface area contributed by atoms with E-state index in [0.717, 1.165) is 31.0 Å². The molecule has 0 spiro atoms. The van der Waals surface area contributed by atoms with Crippen LogP contribution in [0.4, 0.5) is 0 Å². The molecule has 0 bridgehead atoms. The number of rotatable bonds is 6. The van der Waals surface area contributed by atoms with Gasteiger partial charge in [0.2, 0.25) is 0 Å². The number of benzene rings is 1. The van der Waals surface area contributed by atoms with Crippen LogP contribution in [0.2, 0.25) is 0 Å². The van der Waals surface area contributed by atoms with Gasteiger partial charge in [-0.25, -0.2) is 0 Å². The van der Waals surface area contributed by atoms with Gasteiger partial charge < -0.3 is 14.6 Å². The summed E-state index contributed by atoms with van der Waals surface area (Å²) < 4.78 is 5.59. The largest absolute Gasteiger partial charge is 0.460 e. The molecule has 3 aromatic rings. The van der Waals surface area contributed by atoms with Crippen LogP contribution in [-0.4, -0.2) is 40.6 Å². The maximum Gasteiger partial charge on any atom is 0.272 e. The monoisotopic (exact) mass is 364 g/mol. The Balaban J connectivity index is 1.50. The molecule has 1 aliphatic rings. The lowest BCUT2D eigenvalue weighted by molar-refractivity contribution is 0.0922. The normalized spacial score (nSPS) is 15.7. The fourth-order valence-corrected chi connectivity index (χ4v) is 3.52. The van der Waals surface area contributed by atoms with Crippen LogP contribution >= 0.6 is 0 Å². The van der Waals surface area contributed by atoms with Crippen molar-refractivity contribution in [2.24, 2.45) is 0 Å². The van der Waals surface area contributed by atoms with Crippen molar-refractivity contribution in [3.63, 3.8) is 0 Å². The molecule has 1 aliphatic heterocycles. The van der Waals surface area contributed by atoms with E-state index in [-0.39, 0.29) is 11.9 Å². The van der Waals surface area contributed by atoms with Crippen LogP contribution in [0.15, 0.2) is 52.9 Å². The first-order chi connectivity index (χ1) is 13.2. The lowest BCUT2D eigenvalue weighted by atomic mass is 10.1. The molecule has 6 nitrogen and oxygen atoms in total. The lowest BCUT2D eigenvalue weighted by Gasteiger charge is -2.24. The van der Waals surface area contributed by atoms with E-state index in [1.165, 1.54) is 12.8 Å². The summed E-state index contributed by atoms with van der Waals surface area (Å²) in [5.74, 6) is 1.31. The summed E-state index contributed by atoms with van der Waals surface area (Å²) in [6, 6.07) is 15.5. The molecule has 1 fully saturated rings. The maximum atomic E-state index is 12.8. The van der Waals surface area contributed by atoms with Crippen molar-refractivity contribution < 1.29 is 9.21 Å². The zero-order valence-corrected chi connectivity index (χ0v) is 15.4.